The third-order valence-electron chi connectivity index (χ3n) is 4.19. The fourth-order valence-corrected chi connectivity index (χ4v) is 2.75. The van der Waals surface area contributed by atoms with E-state index in [0.29, 0.717) is 0 Å². The van der Waals surface area contributed by atoms with Crippen LogP contribution in [-0.2, 0) is 15.0 Å². The molecule has 0 radical (unpaired) electrons. The molecule has 0 atom stereocenters. The monoisotopic (exact) mass is 338 g/mol. The summed E-state index contributed by atoms with van der Waals surface area (Å²) in [6.07, 6.45) is 0. The minimum Gasteiger partial charge on any atom is -0.314 e. The predicted octanol–water partition coefficient (Wildman–Crippen LogP) is 4.00. The normalized spacial score (nSPS) is 11.1. The summed E-state index contributed by atoms with van der Waals surface area (Å²) in [6, 6.07) is 17.2. The van der Waals surface area contributed by atoms with E-state index in [4.69, 9.17) is 0 Å². The van der Waals surface area contributed by atoms with E-state index in [1.807, 2.05) is 54.6 Å². The second-order valence-electron chi connectivity index (χ2n) is 7.16. The molecule has 4 heteroatoms. The van der Waals surface area contributed by atoms with Crippen molar-refractivity contribution in [3.05, 3.63) is 60.2 Å². The SMILES string of the molecule is CC(=O)N(CC(=O)N(C)c1ccccc1)c1ccccc1C(C)(C)C. The van der Waals surface area contributed by atoms with Crippen molar-refractivity contribution in [2.45, 2.75) is 33.1 Å². The molecule has 0 bridgehead atoms. The average molecular weight is 338 g/mol. The van der Waals surface area contributed by atoms with Crippen LogP contribution in [0.3, 0.4) is 0 Å². The van der Waals surface area contributed by atoms with Gasteiger partial charge in [0.15, 0.2) is 0 Å². The van der Waals surface area contributed by atoms with Gasteiger partial charge in [0.05, 0.1) is 0 Å². The molecule has 0 aromatic heterocycles. The summed E-state index contributed by atoms with van der Waals surface area (Å²) < 4.78 is 0. The van der Waals surface area contributed by atoms with Crippen molar-refractivity contribution < 1.29 is 9.59 Å². The van der Waals surface area contributed by atoms with Gasteiger partial charge in [-0.1, -0.05) is 57.2 Å². The summed E-state index contributed by atoms with van der Waals surface area (Å²) in [4.78, 5) is 28.1. The van der Waals surface area contributed by atoms with E-state index in [9.17, 15) is 9.59 Å². The number of hydrogen-bond acceptors (Lipinski definition) is 2. The molecule has 0 unspecified atom stereocenters. The van der Waals surface area contributed by atoms with E-state index in [-0.39, 0.29) is 23.8 Å². The first-order valence-corrected chi connectivity index (χ1v) is 8.41. The van der Waals surface area contributed by atoms with Crippen molar-refractivity contribution in [3.8, 4) is 0 Å². The van der Waals surface area contributed by atoms with Crippen molar-refractivity contribution in [1.82, 2.24) is 0 Å². The summed E-state index contributed by atoms with van der Waals surface area (Å²) in [5.41, 5.74) is 2.51. The summed E-state index contributed by atoms with van der Waals surface area (Å²) >= 11 is 0. The van der Waals surface area contributed by atoms with Crippen LogP contribution in [0.25, 0.3) is 0 Å². The summed E-state index contributed by atoms with van der Waals surface area (Å²) in [5, 5.41) is 0. The van der Waals surface area contributed by atoms with Gasteiger partial charge in [-0.25, -0.2) is 0 Å². The zero-order chi connectivity index (χ0) is 18.6. The average Bonchev–Trinajstić information content (AvgIpc) is 2.58. The van der Waals surface area contributed by atoms with E-state index in [1.165, 1.54) is 6.92 Å². The minimum absolute atomic E-state index is 0.00776. The van der Waals surface area contributed by atoms with Gasteiger partial charge in [-0.05, 0) is 29.2 Å². The molecule has 0 aliphatic carbocycles. The Morgan fingerprint density at radius 2 is 1.48 bits per heavy atom. The maximum Gasteiger partial charge on any atom is 0.246 e. The van der Waals surface area contributed by atoms with Crippen LogP contribution < -0.4 is 9.80 Å². The largest absolute Gasteiger partial charge is 0.314 e. The highest BCUT2D eigenvalue weighted by Gasteiger charge is 2.25. The molecule has 132 valence electrons. The first-order chi connectivity index (χ1) is 11.7. The highest BCUT2D eigenvalue weighted by molar-refractivity contribution is 6.03. The molecule has 0 aliphatic heterocycles. The number of anilines is 2. The quantitative estimate of drug-likeness (QED) is 0.845. The molecule has 2 amide bonds. The van der Waals surface area contributed by atoms with Crippen molar-refractivity contribution in [2.75, 3.05) is 23.4 Å². The Bertz CT molecular complexity index is 748. The van der Waals surface area contributed by atoms with Crippen LogP contribution in [0, 0.1) is 0 Å². The molecule has 0 heterocycles. The maximum absolute atomic E-state index is 12.7. The molecule has 25 heavy (non-hydrogen) atoms. The number of amides is 2. The Hall–Kier alpha value is -2.62. The van der Waals surface area contributed by atoms with E-state index in [1.54, 1.807) is 16.8 Å². The molecule has 0 aliphatic rings. The van der Waals surface area contributed by atoms with Crippen LogP contribution in [-0.4, -0.2) is 25.4 Å². The Morgan fingerprint density at radius 1 is 0.920 bits per heavy atom. The van der Waals surface area contributed by atoms with Gasteiger partial charge in [0.25, 0.3) is 0 Å². The number of nitrogens with zero attached hydrogens (tertiary/aromatic N) is 2. The molecular weight excluding hydrogens is 312 g/mol. The zero-order valence-corrected chi connectivity index (χ0v) is 15.6. The fourth-order valence-electron chi connectivity index (χ4n) is 2.75. The van der Waals surface area contributed by atoms with Crippen LogP contribution in [0.5, 0.6) is 0 Å². The van der Waals surface area contributed by atoms with E-state index in [2.05, 4.69) is 20.8 Å². The lowest BCUT2D eigenvalue weighted by atomic mass is 9.85. The van der Waals surface area contributed by atoms with Gasteiger partial charge in [0.1, 0.15) is 6.54 Å². The number of likely N-dealkylation sites (N-methyl/N-ethyl adjacent to an activating group) is 1. The number of carbonyl (C=O) groups is 2. The van der Waals surface area contributed by atoms with Gasteiger partial charge in [0, 0.05) is 25.3 Å². The minimum atomic E-state index is -0.147. The summed E-state index contributed by atoms with van der Waals surface area (Å²) in [6.45, 7) is 7.80. The van der Waals surface area contributed by atoms with Crippen LogP contribution in [0.2, 0.25) is 0 Å². The molecular formula is C21H26N2O2. The fraction of sp³-hybridized carbons (Fsp3) is 0.333. The highest BCUT2D eigenvalue weighted by Crippen LogP contribution is 2.32. The molecule has 2 aromatic carbocycles. The van der Waals surface area contributed by atoms with Crippen molar-refractivity contribution in [3.63, 3.8) is 0 Å². The number of benzene rings is 2. The second kappa shape index (κ2) is 7.51. The van der Waals surface area contributed by atoms with Crippen molar-refractivity contribution >= 4 is 23.2 Å². The molecule has 0 fully saturated rings. The Balaban J connectivity index is 2.32. The van der Waals surface area contributed by atoms with Crippen LogP contribution in [0.15, 0.2) is 54.6 Å². The maximum atomic E-state index is 12.7. The second-order valence-corrected chi connectivity index (χ2v) is 7.16. The Labute approximate surface area is 150 Å². The Morgan fingerprint density at radius 3 is 2.04 bits per heavy atom. The van der Waals surface area contributed by atoms with Crippen molar-refractivity contribution in [2.24, 2.45) is 0 Å². The number of carbonyl (C=O) groups excluding carboxylic acids is 2. The van der Waals surface area contributed by atoms with Gasteiger partial charge in [-0.3, -0.25) is 9.59 Å². The first kappa shape index (κ1) is 18.7. The van der Waals surface area contributed by atoms with Crippen LogP contribution >= 0.6 is 0 Å². The number of para-hydroxylation sites is 2. The number of rotatable bonds is 4. The summed E-state index contributed by atoms with van der Waals surface area (Å²) in [5.74, 6) is -0.281. The molecule has 0 N–H and O–H groups in total. The predicted molar refractivity (Wildman–Crippen MR) is 103 cm³/mol. The molecule has 0 spiro atoms. The van der Waals surface area contributed by atoms with Gasteiger partial charge >= 0.3 is 0 Å². The standard InChI is InChI=1S/C21H26N2O2/c1-16(24)23(19-14-10-9-13-18(19)21(2,3)4)15-20(25)22(5)17-11-7-6-8-12-17/h6-14H,15H2,1-5H3. The van der Waals surface area contributed by atoms with E-state index in [0.717, 1.165) is 16.9 Å². The third kappa shape index (κ3) is 4.47. The molecule has 4 nitrogen and oxygen atoms in total. The highest BCUT2D eigenvalue weighted by atomic mass is 16.2. The number of hydrogen-bond donors (Lipinski definition) is 0. The lowest BCUT2D eigenvalue weighted by Crippen LogP contribution is -2.41. The van der Waals surface area contributed by atoms with E-state index >= 15 is 0 Å². The van der Waals surface area contributed by atoms with Gasteiger partial charge in [-0.2, -0.15) is 0 Å². The molecule has 2 aromatic rings. The lowest BCUT2D eigenvalue weighted by molar-refractivity contribution is -0.121. The molecule has 0 saturated heterocycles. The smallest absolute Gasteiger partial charge is 0.246 e. The van der Waals surface area contributed by atoms with Crippen LogP contribution in [0.4, 0.5) is 11.4 Å². The van der Waals surface area contributed by atoms with Gasteiger partial charge in [-0.15, -0.1) is 0 Å². The van der Waals surface area contributed by atoms with Crippen molar-refractivity contribution in [1.29, 1.82) is 0 Å². The molecule has 0 saturated carbocycles. The summed E-state index contributed by atoms with van der Waals surface area (Å²) in [7, 11) is 1.73. The first-order valence-electron chi connectivity index (χ1n) is 8.41. The lowest BCUT2D eigenvalue weighted by Gasteiger charge is -2.30. The topological polar surface area (TPSA) is 40.6 Å². The van der Waals surface area contributed by atoms with Gasteiger partial charge in [0.2, 0.25) is 11.8 Å². The van der Waals surface area contributed by atoms with Crippen LogP contribution in [0.1, 0.15) is 33.3 Å². The zero-order valence-electron chi connectivity index (χ0n) is 15.6. The third-order valence-corrected chi connectivity index (χ3v) is 4.19. The Kier molecular flexibility index (Phi) is 5.62. The van der Waals surface area contributed by atoms with E-state index < -0.39 is 0 Å². The molecule has 2 rings (SSSR count). The van der Waals surface area contributed by atoms with Gasteiger partial charge < -0.3 is 9.80 Å².